The number of benzene rings is 2. The van der Waals surface area contributed by atoms with E-state index in [0.29, 0.717) is 11.6 Å². The third kappa shape index (κ3) is 4.42. The number of nitrogens with one attached hydrogen (secondary N) is 2. The van der Waals surface area contributed by atoms with Crippen LogP contribution in [0.2, 0.25) is 0 Å². The maximum Gasteiger partial charge on any atom is 0.261 e. The molecule has 0 aliphatic heterocycles. The zero-order valence-corrected chi connectivity index (χ0v) is 17.9. The molecule has 0 unspecified atom stereocenters. The molecule has 0 bridgehead atoms. The van der Waals surface area contributed by atoms with Crippen LogP contribution in [0.4, 0.5) is 10.1 Å². The molecule has 0 spiro atoms. The highest BCUT2D eigenvalue weighted by molar-refractivity contribution is 7.92. The topological polar surface area (TPSA) is 153 Å². The SMILES string of the molecule is O=S(=O)(Nc1ccc(Oc2ccc(-n3ccnc3)nn2)cc1)c1ccc(F)c(-c2nn[nH]n2)c1. The van der Waals surface area contributed by atoms with E-state index < -0.39 is 15.8 Å². The molecule has 0 fully saturated rings. The number of hydrogen-bond acceptors (Lipinski definition) is 9. The summed E-state index contributed by atoms with van der Waals surface area (Å²) in [4.78, 5) is 3.79. The fourth-order valence-electron chi connectivity index (χ4n) is 2.94. The number of ether oxygens (including phenoxy) is 1. The summed E-state index contributed by atoms with van der Waals surface area (Å²) < 4.78 is 49.5. The number of aromatic amines is 1. The van der Waals surface area contributed by atoms with Gasteiger partial charge in [-0.2, -0.15) is 5.21 Å². The predicted molar refractivity (Wildman–Crippen MR) is 116 cm³/mol. The lowest BCUT2D eigenvalue weighted by Crippen LogP contribution is -2.13. The second kappa shape index (κ2) is 8.67. The normalized spacial score (nSPS) is 11.3. The van der Waals surface area contributed by atoms with Crippen LogP contribution in [-0.2, 0) is 10.0 Å². The van der Waals surface area contributed by atoms with Gasteiger partial charge >= 0.3 is 0 Å². The second-order valence-corrected chi connectivity index (χ2v) is 8.49. The number of nitrogens with zero attached hydrogens (tertiary/aromatic N) is 7. The Morgan fingerprint density at radius 1 is 1.00 bits per heavy atom. The van der Waals surface area contributed by atoms with E-state index in [9.17, 15) is 12.8 Å². The summed E-state index contributed by atoms with van der Waals surface area (Å²) in [7, 11) is -4.02. The molecule has 34 heavy (non-hydrogen) atoms. The van der Waals surface area contributed by atoms with Gasteiger partial charge in [-0.1, -0.05) is 0 Å². The van der Waals surface area contributed by atoms with Gasteiger partial charge in [0.25, 0.3) is 10.0 Å². The van der Waals surface area contributed by atoms with Crippen molar-refractivity contribution in [1.29, 1.82) is 0 Å². The standard InChI is InChI=1S/C20H14FN9O3S/c21-17-6-5-15(11-16(17)20-25-28-29-26-20)34(31,32)27-13-1-3-14(4-2-13)33-19-8-7-18(23-24-19)30-10-9-22-12-30/h1-12,27H,(H,25,26,28,29). The molecule has 170 valence electrons. The Balaban J connectivity index is 1.29. The van der Waals surface area contributed by atoms with Crippen molar-refractivity contribution in [3.05, 3.63) is 79.1 Å². The average Bonchev–Trinajstić information content (AvgIpc) is 3.56. The van der Waals surface area contributed by atoms with Crippen LogP contribution in [0.1, 0.15) is 0 Å². The van der Waals surface area contributed by atoms with Crippen molar-refractivity contribution in [2.45, 2.75) is 4.90 Å². The maximum atomic E-state index is 14.1. The molecule has 14 heteroatoms. The highest BCUT2D eigenvalue weighted by Gasteiger charge is 2.19. The fourth-order valence-corrected chi connectivity index (χ4v) is 4.03. The van der Waals surface area contributed by atoms with E-state index in [1.54, 1.807) is 47.6 Å². The Kier molecular flexibility index (Phi) is 5.39. The minimum absolute atomic E-state index is 0.0581. The van der Waals surface area contributed by atoms with Gasteiger partial charge in [-0.05, 0) is 53.7 Å². The largest absolute Gasteiger partial charge is 0.438 e. The molecule has 0 aliphatic rings. The molecular weight excluding hydrogens is 465 g/mol. The van der Waals surface area contributed by atoms with Crippen LogP contribution >= 0.6 is 0 Å². The van der Waals surface area contributed by atoms with Crippen molar-refractivity contribution in [2.75, 3.05) is 4.72 Å². The van der Waals surface area contributed by atoms with Crippen molar-refractivity contribution in [3.8, 4) is 28.8 Å². The predicted octanol–water partition coefficient (Wildman–Crippen LogP) is 2.57. The van der Waals surface area contributed by atoms with Gasteiger partial charge in [-0.25, -0.2) is 17.8 Å². The molecule has 12 nitrogen and oxygen atoms in total. The Morgan fingerprint density at radius 3 is 2.53 bits per heavy atom. The molecule has 5 rings (SSSR count). The minimum Gasteiger partial charge on any atom is -0.438 e. The van der Waals surface area contributed by atoms with Crippen LogP contribution < -0.4 is 9.46 Å². The first-order chi connectivity index (χ1) is 16.5. The number of H-pyrrole nitrogens is 1. The van der Waals surface area contributed by atoms with E-state index in [2.05, 4.69) is 40.5 Å². The van der Waals surface area contributed by atoms with Gasteiger partial charge in [0, 0.05) is 24.1 Å². The number of anilines is 1. The highest BCUT2D eigenvalue weighted by atomic mass is 32.2. The Morgan fingerprint density at radius 2 is 1.85 bits per heavy atom. The van der Waals surface area contributed by atoms with Gasteiger partial charge in [-0.15, -0.1) is 20.4 Å². The molecular formula is C20H14FN9O3S. The average molecular weight is 479 g/mol. The number of rotatable bonds is 7. The van der Waals surface area contributed by atoms with Gasteiger partial charge in [0.05, 0.1) is 10.5 Å². The quantitative estimate of drug-likeness (QED) is 0.358. The lowest BCUT2D eigenvalue weighted by Gasteiger charge is -2.10. The van der Waals surface area contributed by atoms with Crippen molar-refractivity contribution in [1.82, 2.24) is 40.4 Å². The second-order valence-electron chi connectivity index (χ2n) is 6.81. The first kappa shape index (κ1) is 21.1. The zero-order valence-electron chi connectivity index (χ0n) is 17.1. The molecule has 5 aromatic rings. The molecule has 2 N–H and O–H groups in total. The van der Waals surface area contributed by atoms with Crippen molar-refractivity contribution in [2.24, 2.45) is 0 Å². The minimum atomic E-state index is -4.02. The van der Waals surface area contributed by atoms with Crippen molar-refractivity contribution in [3.63, 3.8) is 0 Å². The van der Waals surface area contributed by atoms with Crippen LogP contribution in [0.3, 0.4) is 0 Å². The molecule has 0 saturated carbocycles. The molecule has 3 aromatic heterocycles. The summed E-state index contributed by atoms with van der Waals surface area (Å²) in [5.41, 5.74) is 0.180. The zero-order chi connectivity index (χ0) is 23.5. The van der Waals surface area contributed by atoms with E-state index in [4.69, 9.17) is 4.74 Å². The van der Waals surface area contributed by atoms with Gasteiger partial charge in [0.2, 0.25) is 11.7 Å². The van der Waals surface area contributed by atoms with Crippen LogP contribution in [0.5, 0.6) is 11.6 Å². The Labute approximate surface area is 191 Å². The van der Waals surface area contributed by atoms with Crippen LogP contribution in [-0.4, -0.2) is 48.8 Å². The van der Waals surface area contributed by atoms with E-state index in [1.165, 1.54) is 12.1 Å². The lowest BCUT2D eigenvalue weighted by atomic mass is 10.2. The van der Waals surface area contributed by atoms with Gasteiger partial charge in [0.15, 0.2) is 5.82 Å². The maximum absolute atomic E-state index is 14.1. The summed E-state index contributed by atoms with van der Waals surface area (Å²) >= 11 is 0. The van der Waals surface area contributed by atoms with E-state index in [1.807, 2.05) is 0 Å². The number of halogens is 1. The van der Waals surface area contributed by atoms with Crippen molar-refractivity contribution < 1.29 is 17.5 Å². The number of sulfonamides is 1. The van der Waals surface area contributed by atoms with Gasteiger partial charge < -0.3 is 4.74 Å². The molecule has 0 aliphatic carbocycles. The summed E-state index contributed by atoms with van der Waals surface area (Å²) in [6.45, 7) is 0. The van der Waals surface area contributed by atoms with E-state index >= 15 is 0 Å². The van der Waals surface area contributed by atoms with E-state index in [-0.39, 0.29) is 27.9 Å². The Bertz CT molecular complexity index is 1510. The number of imidazole rings is 1. The monoisotopic (exact) mass is 479 g/mol. The van der Waals surface area contributed by atoms with Crippen LogP contribution in [0.25, 0.3) is 17.2 Å². The summed E-state index contributed by atoms with van der Waals surface area (Å²) in [5, 5.41) is 21.0. The smallest absolute Gasteiger partial charge is 0.261 e. The van der Waals surface area contributed by atoms with Crippen molar-refractivity contribution >= 4 is 15.7 Å². The van der Waals surface area contributed by atoms with Crippen LogP contribution in [0, 0.1) is 5.82 Å². The lowest BCUT2D eigenvalue weighted by molar-refractivity contribution is 0.454. The molecule has 0 saturated heterocycles. The fraction of sp³-hybridized carbons (Fsp3) is 0. The summed E-state index contributed by atoms with van der Waals surface area (Å²) in [5.74, 6) is 0.532. The highest BCUT2D eigenvalue weighted by Crippen LogP contribution is 2.26. The molecule has 3 heterocycles. The van der Waals surface area contributed by atoms with Crippen LogP contribution in [0.15, 0.2) is 78.2 Å². The van der Waals surface area contributed by atoms with Gasteiger partial charge in [-0.3, -0.25) is 9.29 Å². The third-order valence-corrected chi connectivity index (χ3v) is 5.94. The molecule has 0 amide bonds. The first-order valence-corrected chi connectivity index (χ1v) is 11.1. The summed E-state index contributed by atoms with van der Waals surface area (Å²) in [6.07, 6.45) is 4.97. The third-order valence-electron chi connectivity index (χ3n) is 4.56. The molecule has 0 radical (unpaired) electrons. The Hall–Kier alpha value is -4.72. The number of hydrogen-bond donors (Lipinski definition) is 2. The first-order valence-electron chi connectivity index (χ1n) is 9.64. The molecule has 0 atom stereocenters. The van der Waals surface area contributed by atoms with E-state index in [0.717, 1.165) is 18.2 Å². The molecule has 2 aromatic carbocycles. The number of aromatic nitrogens is 8. The van der Waals surface area contributed by atoms with Gasteiger partial charge in [0.1, 0.15) is 17.9 Å². The summed E-state index contributed by atoms with van der Waals surface area (Å²) in [6, 6.07) is 12.8. The number of tetrazole rings is 1.